The second-order valence-corrected chi connectivity index (χ2v) is 8.50. The summed E-state index contributed by atoms with van der Waals surface area (Å²) in [6.45, 7) is 1.73. The molecule has 0 fully saturated rings. The van der Waals surface area contributed by atoms with Gasteiger partial charge in [0.15, 0.2) is 11.5 Å². The molecule has 0 amide bonds. The van der Waals surface area contributed by atoms with Gasteiger partial charge in [-0.2, -0.15) is 0 Å². The molecule has 0 aromatic heterocycles. The van der Waals surface area contributed by atoms with Crippen LogP contribution >= 0.6 is 0 Å². The number of benzene rings is 3. The van der Waals surface area contributed by atoms with Crippen LogP contribution in [0.5, 0.6) is 17.2 Å². The van der Waals surface area contributed by atoms with Crippen molar-refractivity contribution in [1.82, 2.24) is 0 Å². The second-order valence-electron chi connectivity index (χ2n) is 6.72. The Morgan fingerprint density at radius 2 is 1.48 bits per heavy atom. The lowest BCUT2D eigenvalue weighted by Crippen LogP contribution is -2.34. The Morgan fingerprint density at radius 3 is 2.06 bits per heavy atom. The van der Waals surface area contributed by atoms with Crippen LogP contribution in [0.25, 0.3) is 0 Å². The quantitative estimate of drug-likeness (QED) is 0.498. The molecular weight excluding hydrogens is 421 g/mol. The summed E-state index contributed by atoms with van der Waals surface area (Å²) in [6.07, 6.45) is 0. The summed E-state index contributed by atoms with van der Waals surface area (Å²) >= 11 is 0. The first-order valence-electron chi connectivity index (χ1n) is 9.48. The summed E-state index contributed by atoms with van der Waals surface area (Å²) in [6, 6.07) is 16.4. The molecule has 8 heteroatoms. The maximum atomic E-state index is 14.5. The highest BCUT2D eigenvalue weighted by Gasteiger charge is 2.33. The molecule has 1 atom stereocenters. The van der Waals surface area contributed by atoms with Crippen LogP contribution in [0, 0.1) is 5.82 Å². The molecule has 0 saturated heterocycles. The van der Waals surface area contributed by atoms with Gasteiger partial charge in [-0.25, -0.2) is 12.8 Å². The number of anilines is 1. The molecule has 3 aromatic rings. The summed E-state index contributed by atoms with van der Waals surface area (Å²) in [5.41, 5.74) is 1.01. The third-order valence-electron chi connectivity index (χ3n) is 4.95. The van der Waals surface area contributed by atoms with Crippen LogP contribution in [0.1, 0.15) is 18.5 Å². The molecule has 0 aliphatic heterocycles. The van der Waals surface area contributed by atoms with Crippen molar-refractivity contribution in [1.29, 1.82) is 0 Å². The smallest absolute Gasteiger partial charge is 0.267 e. The standard InChI is InChI=1S/C23H24FNO5S/c1-16(17-9-12-19(28-2)13-10-17)25(18-11-14-21(29-3)22(15-18)30-4)31(26,27)23-8-6-5-7-20(23)24/h5-16H,1-4H3. The van der Waals surface area contributed by atoms with E-state index >= 15 is 0 Å². The van der Waals surface area contributed by atoms with E-state index in [4.69, 9.17) is 14.2 Å². The Morgan fingerprint density at radius 1 is 0.839 bits per heavy atom. The maximum Gasteiger partial charge on any atom is 0.267 e. The number of nitrogens with zero attached hydrogens (tertiary/aromatic N) is 1. The van der Waals surface area contributed by atoms with Gasteiger partial charge in [-0.05, 0) is 48.9 Å². The van der Waals surface area contributed by atoms with Crippen LogP contribution in [-0.2, 0) is 10.0 Å². The van der Waals surface area contributed by atoms with Crippen molar-refractivity contribution in [3.8, 4) is 17.2 Å². The number of hydrogen-bond donors (Lipinski definition) is 0. The van der Waals surface area contributed by atoms with E-state index in [1.807, 2.05) is 0 Å². The van der Waals surface area contributed by atoms with Gasteiger partial charge in [-0.15, -0.1) is 0 Å². The molecule has 0 heterocycles. The lowest BCUT2D eigenvalue weighted by molar-refractivity contribution is 0.355. The molecule has 0 bridgehead atoms. The van der Waals surface area contributed by atoms with E-state index in [0.717, 1.165) is 6.07 Å². The van der Waals surface area contributed by atoms with Crippen LogP contribution in [0.15, 0.2) is 71.6 Å². The fourth-order valence-corrected chi connectivity index (χ4v) is 5.02. The maximum absolute atomic E-state index is 14.5. The van der Waals surface area contributed by atoms with E-state index in [1.54, 1.807) is 56.5 Å². The molecule has 0 spiro atoms. The van der Waals surface area contributed by atoms with Crippen LogP contribution in [0.4, 0.5) is 10.1 Å². The third-order valence-corrected chi connectivity index (χ3v) is 6.88. The predicted molar refractivity (Wildman–Crippen MR) is 117 cm³/mol. The molecule has 0 aliphatic carbocycles. The van der Waals surface area contributed by atoms with E-state index in [1.165, 1.54) is 36.7 Å². The molecule has 0 radical (unpaired) electrons. The van der Waals surface area contributed by atoms with Crippen molar-refractivity contribution in [3.63, 3.8) is 0 Å². The molecule has 0 aliphatic rings. The highest BCUT2D eigenvalue weighted by Crippen LogP contribution is 2.39. The summed E-state index contributed by atoms with van der Waals surface area (Å²) in [5.74, 6) is 0.628. The molecule has 6 nitrogen and oxygen atoms in total. The SMILES string of the molecule is COc1ccc(C(C)N(c2ccc(OC)c(OC)c2)S(=O)(=O)c2ccccc2F)cc1. The Hall–Kier alpha value is -3.26. The number of ether oxygens (including phenoxy) is 3. The van der Waals surface area contributed by atoms with Crippen molar-refractivity contribution in [2.24, 2.45) is 0 Å². The monoisotopic (exact) mass is 445 g/mol. The first-order valence-corrected chi connectivity index (χ1v) is 10.9. The van der Waals surface area contributed by atoms with Crippen LogP contribution in [0.2, 0.25) is 0 Å². The largest absolute Gasteiger partial charge is 0.497 e. The summed E-state index contributed by atoms with van der Waals surface area (Å²) in [7, 11) is 0.245. The van der Waals surface area contributed by atoms with Gasteiger partial charge in [0.25, 0.3) is 10.0 Å². The minimum absolute atomic E-state index is 0.309. The normalized spacial score (nSPS) is 12.2. The third kappa shape index (κ3) is 4.44. The lowest BCUT2D eigenvalue weighted by atomic mass is 10.1. The van der Waals surface area contributed by atoms with E-state index in [2.05, 4.69) is 0 Å². The topological polar surface area (TPSA) is 65.1 Å². The summed E-state index contributed by atoms with van der Waals surface area (Å²) in [4.78, 5) is -0.412. The van der Waals surface area contributed by atoms with E-state index in [-0.39, 0.29) is 0 Å². The minimum atomic E-state index is -4.26. The predicted octanol–water partition coefficient (Wildman–Crippen LogP) is 4.81. The van der Waals surface area contributed by atoms with Crippen molar-refractivity contribution in [3.05, 3.63) is 78.1 Å². The zero-order chi connectivity index (χ0) is 22.6. The van der Waals surface area contributed by atoms with E-state index < -0.39 is 26.8 Å². The molecule has 3 rings (SSSR count). The van der Waals surface area contributed by atoms with Gasteiger partial charge in [0.1, 0.15) is 16.5 Å². The highest BCUT2D eigenvalue weighted by atomic mass is 32.2. The van der Waals surface area contributed by atoms with E-state index in [0.29, 0.717) is 28.5 Å². The van der Waals surface area contributed by atoms with Crippen molar-refractivity contribution in [2.75, 3.05) is 25.6 Å². The summed E-state index contributed by atoms with van der Waals surface area (Å²) in [5, 5.41) is 0. The van der Waals surface area contributed by atoms with Gasteiger partial charge < -0.3 is 14.2 Å². The van der Waals surface area contributed by atoms with Crippen LogP contribution < -0.4 is 18.5 Å². The van der Waals surface area contributed by atoms with Crippen molar-refractivity contribution >= 4 is 15.7 Å². The molecule has 31 heavy (non-hydrogen) atoms. The van der Waals surface area contributed by atoms with Crippen LogP contribution in [-0.4, -0.2) is 29.7 Å². The molecule has 0 saturated carbocycles. The Kier molecular flexibility index (Phi) is 6.70. The number of halogens is 1. The first-order chi connectivity index (χ1) is 14.8. The molecular formula is C23H24FNO5S. The Bertz CT molecular complexity index is 1150. The number of hydrogen-bond acceptors (Lipinski definition) is 5. The first kappa shape index (κ1) is 22.4. The second kappa shape index (κ2) is 9.26. The molecule has 1 unspecified atom stereocenters. The Balaban J connectivity index is 2.19. The number of sulfonamides is 1. The average molecular weight is 446 g/mol. The molecule has 164 valence electrons. The average Bonchev–Trinajstić information content (AvgIpc) is 2.79. The van der Waals surface area contributed by atoms with Gasteiger partial charge in [-0.3, -0.25) is 4.31 Å². The zero-order valence-corrected chi connectivity index (χ0v) is 18.5. The van der Waals surface area contributed by atoms with Gasteiger partial charge in [0, 0.05) is 6.07 Å². The van der Waals surface area contributed by atoms with E-state index in [9.17, 15) is 12.8 Å². The van der Waals surface area contributed by atoms with Crippen LogP contribution in [0.3, 0.4) is 0 Å². The van der Waals surface area contributed by atoms with Gasteiger partial charge in [0.2, 0.25) is 0 Å². The fourth-order valence-electron chi connectivity index (χ4n) is 3.31. The highest BCUT2D eigenvalue weighted by molar-refractivity contribution is 7.92. The minimum Gasteiger partial charge on any atom is -0.497 e. The zero-order valence-electron chi connectivity index (χ0n) is 17.7. The molecule has 0 N–H and O–H groups in total. The van der Waals surface area contributed by atoms with Gasteiger partial charge in [0.05, 0.1) is 33.1 Å². The summed E-state index contributed by atoms with van der Waals surface area (Å²) < 4.78 is 58.8. The van der Waals surface area contributed by atoms with Crippen molar-refractivity contribution in [2.45, 2.75) is 17.9 Å². The molecule has 3 aromatic carbocycles. The van der Waals surface area contributed by atoms with Crippen molar-refractivity contribution < 1.29 is 27.0 Å². The number of rotatable bonds is 8. The number of methoxy groups -OCH3 is 3. The van der Waals surface area contributed by atoms with Gasteiger partial charge in [-0.1, -0.05) is 24.3 Å². The Labute approximate surface area is 181 Å². The van der Waals surface area contributed by atoms with Gasteiger partial charge >= 0.3 is 0 Å². The lowest BCUT2D eigenvalue weighted by Gasteiger charge is -2.31. The fraction of sp³-hybridized carbons (Fsp3) is 0.217.